The molecule has 2 atom stereocenters. The van der Waals surface area contributed by atoms with E-state index < -0.39 is 0 Å². The molecule has 1 aliphatic rings. The highest BCUT2D eigenvalue weighted by Gasteiger charge is 2.30. The number of hydrogen-bond donors (Lipinski definition) is 0. The molecule has 3 heterocycles. The van der Waals surface area contributed by atoms with Gasteiger partial charge in [-0.25, -0.2) is 0 Å². The highest BCUT2D eigenvalue weighted by atomic mass is 16.5. The lowest BCUT2D eigenvalue weighted by Crippen LogP contribution is -2.37. The molecule has 0 unspecified atom stereocenters. The Morgan fingerprint density at radius 2 is 2.12 bits per heavy atom. The monoisotopic (exact) mass is 352 g/mol. The van der Waals surface area contributed by atoms with Crippen LogP contribution in [-0.4, -0.2) is 42.9 Å². The Labute approximate surface area is 153 Å². The molecule has 0 saturated carbocycles. The van der Waals surface area contributed by atoms with Crippen molar-refractivity contribution in [1.29, 1.82) is 0 Å². The normalized spacial score (nSPS) is 19.5. The molecule has 1 aromatic carbocycles. The van der Waals surface area contributed by atoms with Crippen LogP contribution in [0.2, 0.25) is 0 Å². The number of rotatable bonds is 5. The summed E-state index contributed by atoms with van der Waals surface area (Å²) in [4.78, 5) is 7.04. The Hall–Kier alpha value is -2.54. The first-order valence-electron chi connectivity index (χ1n) is 9.27. The van der Waals surface area contributed by atoms with Gasteiger partial charge in [0.25, 0.3) is 5.89 Å². The van der Waals surface area contributed by atoms with Crippen molar-refractivity contribution in [1.82, 2.24) is 29.8 Å². The van der Waals surface area contributed by atoms with E-state index in [9.17, 15) is 0 Å². The molecule has 4 rings (SSSR count). The molecule has 136 valence electrons. The number of likely N-dealkylation sites (tertiary alicyclic amines) is 1. The van der Waals surface area contributed by atoms with Gasteiger partial charge in [0.1, 0.15) is 12.2 Å². The van der Waals surface area contributed by atoms with Crippen molar-refractivity contribution >= 4 is 0 Å². The summed E-state index contributed by atoms with van der Waals surface area (Å²) in [5.41, 5.74) is 0.950. The Morgan fingerprint density at radius 3 is 2.92 bits per heavy atom. The summed E-state index contributed by atoms with van der Waals surface area (Å²) < 4.78 is 7.62. The maximum Gasteiger partial charge on any atom is 0.257 e. The van der Waals surface area contributed by atoms with E-state index in [1.165, 1.54) is 0 Å². The maximum atomic E-state index is 5.48. The Balaban J connectivity index is 1.49. The van der Waals surface area contributed by atoms with Crippen molar-refractivity contribution in [2.45, 2.75) is 45.2 Å². The third-order valence-corrected chi connectivity index (χ3v) is 5.19. The fourth-order valence-electron chi connectivity index (χ4n) is 3.66. The minimum absolute atomic E-state index is 0.108. The molecule has 0 amide bonds. The third-order valence-electron chi connectivity index (χ3n) is 5.19. The summed E-state index contributed by atoms with van der Waals surface area (Å²) in [5.74, 6) is 2.80. The van der Waals surface area contributed by atoms with Gasteiger partial charge in [0, 0.05) is 24.6 Å². The van der Waals surface area contributed by atoms with Crippen LogP contribution in [-0.2, 0) is 6.54 Å². The molecule has 26 heavy (non-hydrogen) atoms. The summed E-state index contributed by atoms with van der Waals surface area (Å²) in [5, 5.41) is 12.7. The van der Waals surface area contributed by atoms with E-state index in [0.717, 1.165) is 49.7 Å². The van der Waals surface area contributed by atoms with Crippen LogP contribution >= 0.6 is 0 Å². The van der Waals surface area contributed by atoms with E-state index in [-0.39, 0.29) is 6.04 Å². The van der Waals surface area contributed by atoms with Crippen LogP contribution in [0.4, 0.5) is 0 Å². The van der Waals surface area contributed by atoms with Crippen LogP contribution in [0, 0.1) is 0 Å². The van der Waals surface area contributed by atoms with E-state index in [0.29, 0.717) is 11.8 Å². The van der Waals surface area contributed by atoms with E-state index in [1.54, 1.807) is 0 Å². The van der Waals surface area contributed by atoms with Gasteiger partial charge in [0.05, 0.1) is 6.04 Å². The molecule has 2 aromatic heterocycles. The lowest BCUT2D eigenvalue weighted by atomic mass is 9.96. The summed E-state index contributed by atoms with van der Waals surface area (Å²) >= 11 is 0. The molecule has 3 aromatic rings. The first-order chi connectivity index (χ1) is 12.8. The van der Waals surface area contributed by atoms with Crippen LogP contribution in [0.25, 0.3) is 11.5 Å². The van der Waals surface area contributed by atoms with Gasteiger partial charge in [-0.2, -0.15) is 4.98 Å². The second-order valence-corrected chi connectivity index (χ2v) is 6.81. The number of aryl methyl sites for hydroxylation is 1. The van der Waals surface area contributed by atoms with Crippen LogP contribution in [0.5, 0.6) is 0 Å². The van der Waals surface area contributed by atoms with Gasteiger partial charge >= 0.3 is 0 Å². The van der Waals surface area contributed by atoms with Gasteiger partial charge in [-0.3, -0.25) is 4.90 Å². The maximum absolute atomic E-state index is 5.48. The van der Waals surface area contributed by atoms with Gasteiger partial charge in [-0.15, -0.1) is 10.2 Å². The summed E-state index contributed by atoms with van der Waals surface area (Å²) in [6.45, 7) is 7.15. The van der Waals surface area contributed by atoms with E-state index in [2.05, 4.69) is 43.7 Å². The topological polar surface area (TPSA) is 72.9 Å². The average Bonchev–Trinajstić information content (AvgIpc) is 3.37. The fourth-order valence-corrected chi connectivity index (χ4v) is 3.66. The summed E-state index contributed by atoms with van der Waals surface area (Å²) in [7, 11) is 0. The molecule has 7 heteroatoms. The zero-order valence-electron chi connectivity index (χ0n) is 15.2. The second kappa shape index (κ2) is 7.37. The van der Waals surface area contributed by atoms with Crippen LogP contribution in [0.1, 0.15) is 50.3 Å². The molecule has 0 N–H and O–H groups in total. The first kappa shape index (κ1) is 16.9. The molecular formula is C19H24N6O. The molecule has 0 bridgehead atoms. The fraction of sp³-hybridized carbons (Fsp3) is 0.474. The SMILES string of the molecule is CCn1cnnc1[C@H]1CCCN([C@H](C)c2noc(-c3ccccc3)n2)C1. The first-order valence-corrected chi connectivity index (χ1v) is 9.27. The van der Waals surface area contributed by atoms with Crippen LogP contribution in [0.3, 0.4) is 0 Å². The molecule has 1 aliphatic heterocycles. The Kier molecular flexibility index (Phi) is 4.79. The number of piperidine rings is 1. The van der Waals surface area contributed by atoms with Gasteiger partial charge in [0.15, 0.2) is 5.82 Å². The van der Waals surface area contributed by atoms with Crippen molar-refractivity contribution in [3.63, 3.8) is 0 Å². The lowest BCUT2D eigenvalue weighted by Gasteiger charge is -2.35. The predicted molar refractivity (Wildman–Crippen MR) is 97.4 cm³/mol. The van der Waals surface area contributed by atoms with Crippen molar-refractivity contribution in [3.8, 4) is 11.5 Å². The zero-order valence-corrected chi connectivity index (χ0v) is 15.2. The van der Waals surface area contributed by atoms with Crippen LogP contribution < -0.4 is 0 Å². The van der Waals surface area contributed by atoms with Crippen molar-refractivity contribution < 1.29 is 4.52 Å². The van der Waals surface area contributed by atoms with Gasteiger partial charge in [0.2, 0.25) is 0 Å². The lowest BCUT2D eigenvalue weighted by molar-refractivity contribution is 0.147. The predicted octanol–water partition coefficient (Wildman–Crippen LogP) is 3.29. The van der Waals surface area contributed by atoms with Gasteiger partial charge < -0.3 is 9.09 Å². The quantitative estimate of drug-likeness (QED) is 0.701. The van der Waals surface area contributed by atoms with Crippen molar-refractivity contribution in [2.24, 2.45) is 0 Å². The number of benzene rings is 1. The highest BCUT2D eigenvalue weighted by molar-refractivity contribution is 5.52. The molecule has 0 spiro atoms. The molecule has 7 nitrogen and oxygen atoms in total. The van der Waals surface area contributed by atoms with E-state index >= 15 is 0 Å². The Morgan fingerprint density at radius 1 is 1.27 bits per heavy atom. The van der Waals surface area contributed by atoms with Crippen molar-refractivity contribution in [3.05, 3.63) is 48.3 Å². The van der Waals surface area contributed by atoms with Crippen LogP contribution in [0.15, 0.2) is 41.2 Å². The average molecular weight is 352 g/mol. The summed E-state index contributed by atoms with van der Waals surface area (Å²) in [6.07, 6.45) is 4.10. The number of hydrogen-bond acceptors (Lipinski definition) is 6. The summed E-state index contributed by atoms with van der Waals surface area (Å²) in [6, 6.07) is 10.00. The van der Waals surface area contributed by atoms with E-state index in [4.69, 9.17) is 4.52 Å². The number of nitrogens with zero attached hydrogens (tertiary/aromatic N) is 6. The van der Waals surface area contributed by atoms with Gasteiger partial charge in [-0.05, 0) is 45.4 Å². The smallest absolute Gasteiger partial charge is 0.257 e. The minimum Gasteiger partial charge on any atom is -0.334 e. The second-order valence-electron chi connectivity index (χ2n) is 6.81. The molecular weight excluding hydrogens is 328 g/mol. The van der Waals surface area contributed by atoms with E-state index in [1.807, 2.05) is 36.7 Å². The minimum atomic E-state index is 0.108. The number of aromatic nitrogens is 5. The third kappa shape index (κ3) is 3.26. The zero-order chi connectivity index (χ0) is 17.9. The largest absolute Gasteiger partial charge is 0.334 e. The molecule has 0 aliphatic carbocycles. The van der Waals surface area contributed by atoms with Crippen molar-refractivity contribution in [2.75, 3.05) is 13.1 Å². The Bertz CT molecular complexity index is 843. The molecule has 1 fully saturated rings. The standard InChI is InChI=1S/C19H24N6O/c1-3-24-13-20-22-18(24)16-10-7-11-25(12-16)14(2)17-21-19(26-23-17)15-8-5-4-6-9-15/h4-6,8-9,13-14,16H,3,7,10-12H2,1-2H3/t14-,16+/m1/s1. The highest BCUT2D eigenvalue weighted by Crippen LogP contribution is 2.31. The van der Waals surface area contributed by atoms with Gasteiger partial charge in [-0.1, -0.05) is 23.4 Å². The molecule has 1 saturated heterocycles. The molecule has 0 radical (unpaired) electrons.